The van der Waals surface area contributed by atoms with Gasteiger partial charge >= 0.3 is 6.18 Å². The molecule has 1 aliphatic heterocycles. The highest BCUT2D eigenvalue weighted by Crippen LogP contribution is 2.36. The number of primary sulfonamides is 1. The average Bonchev–Trinajstić information content (AvgIpc) is 2.64. The summed E-state index contributed by atoms with van der Waals surface area (Å²) in [6.07, 6.45) is -6.39. The molecule has 14 heteroatoms. The first-order valence-corrected chi connectivity index (χ1v) is 9.96. The van der Waals surface area contributed by atoms with Gasteiger partial charge in [-0.3, -0.25) is 0 Å². The molecule has 9 nitrogen and oxygen atoms in total. The maximum absolute atomic E-state index is 14.2. The Labute approximate surface area is 167 Å². The number of aliphatic hydroxyl groups excluding tert-OH is 1. The van der Waals surface area contributed by atoms with Crippen LogP contribution < -0.4 is 15.2 Å². The van der Waals surface area contributed by atoms with Crippen molar-refractivity contribution in [1.29, 1.82) is 0 Å². The van der Waals surface area contributed by atoms with Crippen molar-refractivity contribution in [1.82, 2.24) is 9.97 Å². The molecule has 0 saturated carbocycles. The summed E-state index contributed by atoms with van der Waals surface area (Å²) in [5, 5.41) is 17.2. The molecule has 1 aromatic heterocycles. The quantitative estimate of drug-likeness (QED) is 0.582. The molecule has 0 spiro atoms. The fourth-order valence-corrected chi connectivity index (χ4v) is 3.09. The number of anilines is 2. The number of nitrogens with one attached hydrogen (secondary N) is 1. The lowest BCUT2D eigenvalue weighted by Gasteiger charge is -2.28. The van der Waals surface area contributed by atoms with Gasteiger partial charge in [0.1, 0.15) is 17.5 Å². The molecule has 1 fully saturated rings. The summed E-state index contributed by atoms with van der Waals surface area (Å²) in [7, 11) is -4.14. The zero-order valence-corrected chi connectivity index (χ0v) is 15.9. The third-order valence-electron chi connectivity index (χ3n) is 4.11. The Morgan fingerprint density at radius 2 is 2.07 bits per heavy atom. The van der Waals surface area contributed by atoms with Gasteiger partial charge in [0.2, 0.25) is 21.9 Å². The number of halogens is 4. The molecule has 0 unspecified atom stereocenters. The van der Waals surface area contributed by atoms with Crippen LogP contribution in [0.25, 0.3) is 0 Å². The number of benzene rings is 1. The summed E-state index contributed by atoms with van der Waals surface area (Å²) in [5.74, 6) is -2.38. The fraction of sp³-hybridized carbons (Fsp3) is 0.375. The molecular weight excluding hydrogens is 436 g/mol. The van der Waals surface area contributed by atoms with Gasteiger partial charge < -0.3 is 19.9 Å². The number of aliphatic hydroxyl groups is 1. The second-order valence-electron chi connectivity index (χ2n) is 6.31. The Kier molecular flexibility index (Phi) is 6.12. The standard InChI is InChI=1S/C16H16F4N4O5S/c17-10-5-8(30(21,26)27)1-2-11(10)23-15-22-6-9(16(18,19)20)14(24-15)29-13-7-28-4-3-12(13)25/h1-2,5-6,12-13,25H,3-4,7H2,(H2,21,26,27)(H,22,23,24)/t12-,13+/m0/s1. The molecule has 4 N–H and O–H groups in total. The van der Waals surface area contributed by atoms with E-state index < -0.39 is 56.5 Å². The molecule has 2 atom stereocenters. The van der Waals surface area contributed by atoms with Crippen LogP contribution in [0.4, 0.5) is 29.2 Å². The van der Waals surface area contributed by atoms with Gasteiger partial charge in [0.15, 0.2) is 0 Å². The van der Waals surface area contributed by atoms with Crippen LogP contribution in [0, 0.1) is 5.82 Å². The third kappa shape index (κ3) is 5.13. The van der Waals surface area contributed by atoms with Crippen LogP contribution in [0.5, 0.6) is 5.88 Å². The average molecular weight is 452 g/mol. The maximum Gasteiger partial charge on any atom is 0.423 e. The van der Waals surface area contributed by atoms with Crippen molar-refractivity contribution < 1.29 is 40.6 Å². The van der Waals surface area contributed by atoms with Crippen molar-refractivity contribution in [2.24, 2.45) is 5.14 Å². The van der Waals surface area contributed by atoms with E-state index in [0.29, 0.717) is 12.3 Å². The van der Waals surface area contributed by atoms with Crippen LogP contribution in [0.1, 0.15) is 12.0 Å². The van der Waals surface area contributed by atoms with E-state index in [1.54, 1.807) is 0 Å². The molecule has 164 valence electrons. The molecular formula is C16H16F4N4O5S. The minimum atomic E-state index is -4.85. The van der Waals surface area contributed by atoms with Gasteiger partial charge in [-0.2, -0.15) is 18.2 Å². The van der Waals surface area contributed by atoms with E-state index in [4.69, 9.17) is 14.6 Å². The number of nitrogens with two attached hydrogens (primary N) is 1. The normalized spacial score (nSPS) is 20.1. The highest BCUT2D eigenvalue weighted by Gasteiger charge is 2.38. The highest BCUT2D eigenvalue weighted by atomic mass is 32.2. The summed E-state index contributed by atoms with van der Waals surface area (Å²) in [4.78, 5) is 6.64. The van der Waals surface area contributed by atoms with Crippen molar-refractivity contribution in [3.63, 3.8) is 0 Å². The van der Waals surface area contributed by atoms with Gasteiger partial charge in [0.05, 0.1) is 23.3 Å². The number of ether oxygens (including phenoxy) is 2. The molecule has 1 aliphatic rings. The summed E-state index contributed by atoms with van der Waals surface area (Å²) in [6.45, 7) is 0.0897. The molecule has 0 bridgehead atoms. The van der Waals surface area contributed by atoms with Crippen LogP contribution in [-0.2, 0) is 20.9 Å². The lowest BCUT2D eigenvalue weighted by atomic mass is 10.1. The zero-order valence-electron chi connectivity index (χ0n) is 15.1. The third-order valence-corrected chi connectivity index (χ3v) is 5.02. The zero-order chi connectivity index (χ0) is 22.1. The molecule has 2 aromatic rings. The van der Waals surface area contributed by atoms with E-state index in [9.17, 15) is 31.1 Å². The van der Waals surface area contributed by atoms with E-state index in [1.807, 2.05) is 0 Å². The number of aromatic nitrogens is 2. The predicted molar refractivity (Wildman–Crippen MR) is 93.9 cm³/mol. The summed E-state index contributed by atoms with van der Waals surface area (Å²) in [6, 6.07) is 2.64. The van der Waals surface area contributed by atoms with Gasteiger partial charge in [-0.15, -0.1) is 0 Å². The molecule has 0 radical (unpaired) electrons. The minimum absolute atomic E-state index is 0.144. The first kappa shape index (κ1) is 22.1. The molecule has 1 saturated heterocycles. The largest absolute Gasteiger partial charge is 0.469 e. The smallest absolute Gasteiger partial charge is 0.423 e. The van der Waals surface area contributed by atoms with E-state index in [-0.39, 0.29) is 25.3 Å². The topological polar surface area (TPSA) is 137 Å². The van der Waals surface area contributed by atoms with Gasteiger partial charge in [-0.1, -0.05) is 0 Å². The Balaban J connectivity index is 1.91. The van der Waals surface area contributed by atoms with E-state index in [0.717, 1.165) is 12.1 Å². The number of rotatable bonds is 5. The second-order valence-corrected chi connectivity index (χ2v) is 7.87. The number of hydrogen-bond acceptors (Lipinski definition) is 8. The second kappa shape index (κ2) is 8.29. The summed E-state index contributed by atoms with van der Waals surface area (Å²) < 4.78 is 86.8. The number of nitrogens with zero attached hydrogens (tertiary/aromatic N) is 2. The van der Waals surface area contributed by atoms with Gasteiger partial charge in [-0.05, 0) is 18.2 Å². The summed E-state index contributed by atoms with van der Waals surface area (Å²) in [5.41, 5.74) is -1.61. The Morgan fingerprint density at radius 1 is 1.33 bits per heavy atom. The molecule has 30 heavy (non-hydrogen) atoms. The maximum atomic E-state index is 14.2. The van der Waals surface area contributed by atoms with Crippen LogP contribution in [-0.4, -0.2) is 48.9 Å². The van der Waals surface area contributed by atoms with E-state index >= 15 is 0 Å². The monoisotopic (exact) mass is 452 g/mol. The molecule has 2 heterocycles. The highest BCUT2D eigenvalue weighted by molar-refractivity contribution is 7.89. The Morgan fingerprint density at radius 3 is 2.67 bits per heavy atom. The first-order valence-electron chi connectivity index (χ1n) is 8.41. The first-order chi connectivity index (χ1) is 13.9. The van der Waals surface area contributed by atoms with Gasteiger partial charge in [0, 0.05) is 19.2 Å². The van der Waals surface area contributed by atoms with Crippen LogP contribution in [0.3, 0.4) is 0 Å². The van der Waals surface area contributed by atoms with Gasteiger partial charge in [-0.25, -0.2) is 22.9 Å². The van der Waals surface area contributed by atoms with Gasteiger partial charge in [0.25, 0.3) is 0 Å². The minimum Gasteiger partial charge on any atom is -0.469 e. The van der Waals surface area contributed by atoms with Crippen molar-refractivity contribution in [2.45, 2.75) is 29.7 Å². The molecule has 0 aliphatic carbocycles. The fourth-order valence-electron chi connectivity index (χ4n) is 2.56. The van der Waals surface area contributed by atoms with Crippen LogP contribution in [0.15, 0.2) is 29.3 Å². The van der Waals surface area contributed by atoms with Crippen molar-refractivity contribution in [3.05, 3.63) is 35.8 Å². The van der Waals surface area contributed by atoms with E-state index in [2.05, 4.69) is 15.3 Å². The molecule has 3 rings (SSSR count). The van der Waals surface area contributed by atoms with Crippen molar-refractivity contribution in [3.8, 4) is 5.88 Å². The van der Waals surface area contributed by atoms with Crippen molar-refractivity contribution in [2.75, 3.05) is 18.5 Å². The SMILES string of the molecule is NS(=O)(=O)c1ccc(Nc2ncc(C(F)(F)F)c(O[C@@H]3COCC[C@@H]3O)n2)c(F)c1. The lowest BCUT2D eigenvalue weighted by Crippen LogP contribution is -2.41. The van der Waals surface area contributed by atoms with Crippen LogP contribution in [0.2, 0.25) is 0 Å². The lowest BCUT2D eigenvalue weighted by molar-refractivity contribution is -0.142. The van der Waals surface area contributed by atoms with Crippen molar-refractivity contribution >= 4 is 21.7 Å². The Hall–Kier alpha value is -2.55. The number of sulfonamides is 1. The Bertz CT molecular complexity index is 1030. The predicted octanol–water partition coefficient (Wildman–Crippen LogP) is 1.55. The number of alkyl halides is 3. The van der Waals surface area contributed by atoms with E-state index in [1.165, 1.54) is 0 Å². The summed E-state index contributed by atoms with van der Waals surface area (Å²) >= 11 is 0. The molecule has 1 aromatic carbocycles. The molecule has 0 amide bonds. The number of hydrogen-bond donors (Lipinski definition) is 3. The van der Waals surface area contributed by atoms with Crippen LogP contribution >= 0.6 is 0 Å².